The number of ketones is 1. The van der Waals surface area contributed by atoms with Crippen molar-refractivity contribution in [1.82, 2.24) is 4.90 Å². The Hall–Kier alpha value is -0.660. The van der Waals surface area contributed by atoms with Gasteiger partial charge in [0.25, 0.3) is 0 Å². The minimum absolute atomic E-state index is 0.0555. The molecule has 1 saturated carbocycles. The topological polar surface area (TPSA) is 60.8 Å². The van der Waals surface area contributed by atoms with Gasteiger partial charge in [-0.1, -0.05) is 0 Å². The molecule has 0 amide bonds. The largest absolute Gasteiger partial charge is 0.508 e. The molecule has 1 aliphatic heterocycles. The lowest BCUT2D eigenvalue weighted by molar-refractivity contribution is -0.168. The molecule has 0 radical (unpaired) electrons. The molecule has 1 saturated heterocycles. The highest BCUT2D eigenvalue weighted by Crippen LogP contribution is 2.58. The van der Waals surface area contributed by atoms with Crippen LogP contribution in [0.4, 0.5) is 0 Å². The highest BCUT2D eigenvalue weighted by molar-refractivity contribution is 14.1. The first-order valence-electron chi connectivity index (χ1n) is 7.83. The van der Waals surface area contributed by atoms with Gasteiger partial charge < -0.3 is 15.1 Å². The number of benzene rings is 1. The van der Waals surface area contributed by atoms with Crippen molar-refractivity contribution in [2.24, 2.45) is 0 Å². The molecule has 1 heterocycles. The summed E-state index contributed by atoms with van der Waals surface area (Å²) in [7, 11) is 2.07. The minimum Gasteiger partial charge on any atom is -0.508 e. The van der Waals surface area contributed by atoms with Crippen LogP contribution in [0.5, 0.6) is 5.75 Å². The van der Waals surface area contributed by atoms with Crippen LogP contribution >= 0.6 is 22.6 Å². The van der Waals surface area contributed by atoms with Gasteiger partial charge in [0.2, 0.25) is 0 Å². The number of aromatic hydroxyl groups is 1. The lowest BCUT2D eigenvalue weighted by Gasteiger charge is -2.63. The molecular weight excluding hydrogens is 393 g/mol. The van der Waals surface area contributed by atoms with Gasteiger partial charge in [0.05, 0.1) is 5.60 Å². The molecule has 1 aromatic carbocycles. The Balaban J connectivity index is 2.01. The summed E-state index contributed by atoms with van der Waals surface area (Å²) in [6.45, 7) is 0.881. The summed E-state index contributed by atoms with van der Waals surface area (Å²) in [5, 5.41) is 21.7. The Kier molecular flexibility index (Phi) is 3.17. The highest BCUT2D eigenvalue weighted by atomic mass is 127. The molecule has 2 fully saturated rings. The van der Waals surface area contributed by atoms with Crippen LogP contribution in [0.3, 0.4) is 0 Å². The maximum absolute atomic E-state index is 12.2. The molecule has 0 aromatic heterocycles. The van der Waals surface area contributed by atoms with Crippen LogP contribution in [0.15, 0.2) is 12.1 Å². The number of nitrogens with zero attached hydrogens (tertiary/aromatic N) is 1. The third kappa shape index (κ3) is 1.73. The molecule has 4 nitrogen and oxygen atoms in total. The van der Waals surface area contributed by atoms with Crippen molar-refractivity contribution in [3.8, 4) is 5.75 Å². The predicted molar refractivity (Wildman–Crippen MR) is 91.0 cm³/mol. The second-order valence-electron chi connectivity index (χ2n) is 7.13. The van der Waals surface area contributed by atoms with E-state index in [1.807, 2.05) is 0 Å². The Bertz CT molecular complexity index is 676. The van der Waals surface area contributed by atoms with Crippen LogP contribution in [0.25, 0.3) is 0 Å². The minimum atomic E-state index is -0.863. The van der Waals surface area contributed by atoms with Crippen molar-refractivity contribution in [1.29, 1.82) is 0 Å². The predicted octanol–water partition coefficient (Wildman–Crippen LogP) is 1.98. The molecule has 2 N–H and O–H groups in total. The Morgan fingerprint density at radius 1 is 1.36 bits per heavy atom. The standard InChI is InChI=1S/C17H20INO3/c1-19-5-4-16-9-10(20)2-3-17(16,22)15(19)8-12-13(16)6-11(21)7-14(12)18/h6-7,15,21-22H,2-5,8-9H2,1H3/t15-,16-,17-/m1/s1. The van der Waals surface area contributed by atoms with Gasteiger partial charge in [0.15, 0.2) is 0 Å². The van der Waals surface area contributed by atoms with Gasteiger partial charge in [-0.05, 0) is 78.7 Å². The SMILES string of the molecule is CN1CC[C@]23CC(=O)CC[C@@]2(O)[C@H]1Cc1c(I)cc(O)cc13. The maximum Gasteiger partial charge on any atom is 0.134 e. The fourth-order valence-electron chi connectivity index (χ4n) is 5.06. The number of hydrogen-bond donors (Lipinski definition) is 2. The average Bonchev–Trinajstić information content (AvgIpc) is 2.44. The molecule has 22 heavy (non-hydrogen) atoms. The van der Waals surface area contributed by atoms with E-state index < -0.39 is 11.0 Å². The Morgan fingerprint density at radius 2 is 2.14 bits per heavy atom. The maximum atomic E-state index is 12.2. The molecule has 4 rings (SSSR count). The molecule has 3 atom stereocenters. The van der Waals surface area contributed by atoms with Crippen LogP contribution in [-0.2, 0) is 16.6 Å². The number of carbonyl (C=O) groups excluding carboxylic acids is 1. The first kappa shape index (κ1) is 14.9. The normalized spacial score (nSPS) is 37.6. The molecule has 118 valence electrons. The quantitative estimate of drug-likeness (QED) is 0.639. The zero-order chi connectivity index (χ0) is 15.7. The van der Waals surface area contributed by atoms with Gasteiger partial charge in [-0.15, -0.1) is 0 Å². The number of rotatable bonds is 0. The molecule has 2 bridgehead atoms. The van der Waals surface area contributed by atoms with E-state index in [4.69, 9.17) is 0 Å². The second-order valence-corrected chi connectivity index (χ2v) is 8.29. The van der Waals surface area contributed by atoms with Crippen LogP contribution in [0.1, 0.15) is 36.8 Å². The summed E-state index contributed by atoms with van der Waals surface area (Å²) in [5.41, 5.74) is 0.829. The number of carbonyl (C=O) groups is 1. The van der Waals surface area contributed by atoms with E-state index in [2.05, 4.69) is 34.5 Å². The second kappa shape index (κ2) is 4.68. The number of likely N-dealkylation sites (N-methyl/N-ethyl adjacent to an activating group) is 1. The Morgan fingerprint density at radius 3 is 2.91 bits per heavy atom. The highest BCUT2D eigenvalue weighted by Gasteiger charge is 2.64. The van der Waals surface area contributed by atoms with Crippen LogP contribution in [0.2, 0.25) is 0 Å². The molecule has 1 aromatic rings. The van der Waals surface area contributed by atoms with Crippen LogP contribution in [0, 0.1) is 3.57 Å². The lowest BCUT2D eigenvalue weighted by Crippen LogP contribution is -2.72. The van der Waals surface area contributed by atoms with E-state index in [9.17, 15) is 15.0 Å². The molecule has 0 spiro atoms. The van der Waals surface area contributed by atoms with Crippen molar-refractivity contribution >= 4 is 28.4 Å². The van der Waals surface area contributed by atoms with Gasteiger partial charge in [-0.25, -0.2) is 0 Å². The number of phenols is 1. The summed E-state index contributed by atoms with van der Waals surface area (Å²) in [6.07, 6.45) is 2.96. The zero-order valence-corrected chi connectivity index (χ0v) is 14.8. The third-order valence-corrected chi connectivity index (χ3v) is 7.14. The first-order valence-corrected chi connectivity index (χ1v) is 8.91. The molecule has 3 aliphatic rings. The first-order chi connectivity index (χ1) is 10.4. The lowest BCUT2D eigenvalue weighted by atomic mass is 9.49. The summed E-state index contributed by atoms with van der Waals surface area (Å²) in [4.78, 5) is 14.5. The number of aliphatic hydroxyl groups is 1. The van der Waals surface area contributed by atoms with Gasteiger partial charge in [-0.3, -0.25) is 4.79 Å². The smallest absolute Gasteiger partial charge is 0.134 e. The summed E-state index contributed by atoms with van der Waals surface area (Å²) in [6, 6.07) is 3.63. The molecular formula is C17H20INO3. The molecule has 2 aliphatic carbocycles. The monoisotopic (exact) mass is 413 g/mol. The summed E-state index contributed by atoms with van der Waals surface area (Å²) < 4.78 is 1.03. The van der Waals surface area contributed by atoms with Gasteiger partial charge in [0.1, 0.15) is 11.5 Å². The van der Waals surface area contributed by atoms with E-state index >= 15 is 0 Å². The van der Waals surface area contributed by atoms with Crippen molar-refractivity contribution < 1.29 is 15.0 Å². The van der Waals surface area contributed by atoms with E-state index in [1.54, 1.807) is 12.1 Å². The number of Topliss-reactive ketones (excluding diaryl/α,β-unsaturated/α-hetero) is 1. The summed E-state index contributed by atoms with van der Waals surface area (Å²) in [5.74, 6) is 0.467. The number of fused-ring (bicyclic) bond motifs is 1. The number of likely N-dealkylation sites (tertiary alicyclic amines) is 1. The van der Waals surface area contributed by atoms with Crippen LogP contribution < -0.4 is 0 Å². The molecule has 0 unspecified atom stereocenters. The summed E-state index contributed by atoms with van der Waals surface area (Å²) >= 11 is 2.26. The zero-order valence-electron chi connectivity index (χ0n) is 12.6. The van der Waals surface area contributed by atoms with Gasteiger partial charge >= 0.3 is 0 Å². The number of hydrogen-bond acceptors (Lipinski definition) is 4. The number of phenolic OH excluding ortho intramolecular Hbond substituents is 1. The fourth-order valence-corrected chi connectivity index (χ4v) is 5.89. The van der Waals surface area contributed by atoms with Crippen LogP contribution in [-0.4, -0.2) is 46.1 Å². The average molecular weight is 413 g/mol. The number of halogens is 1. The third-order valence-electron chi connectivity index (χ3n) is 6.18. The van der Waals surface area contributed by atoms with Crippen molar-refractivity contribution in [3.63, 3.8) is 0 Å². The van der Waals surface area contributed by atoms with Crippen molar-refractivity contribution in [2.75, 3.05) is 13.6 Å². The van der Waals surface area contributed by atoms with E-state index in [0.29, 0.717) is 19.3 Å². The van der Waals surface area contributed by atoms with Gasteiger partial charge in [-0.2, -0.15) is 0 Å². The van der Waals surface area contributed by atoms with Crippen molar-refractivity contribution in [3.05, 3.63) is 26.8 Å². The van der Waals surface area contributed by atoms with Gasteiger partial charge in [0, 0.05) is 27.9 Å². The Labute approximate surface area is 143 Å². The number of piperidine rings is 1. The van der Waals surface area contributed by atoms with E-state index in [1.165, 1.54) is 5.56 Å². The van der Waals surface area contributed by atoms with E-state index in [-0.39, 0.29) is 17.6 Å². The van der Waals surface area contributed by atoms with Crippen molar-refractivity contribution in [2.45, 2.75) is 49.2 Å². The fraction of sp³-hybridized carbons (Fsp3) is 0.588. The van der Waals surface area contributed by atoms with E-state index in [0.717, 1.165) is 28.5 Å². The molecule has 5 heteroatoms.